The number of rotatable bonds is 3. The topological polar surface area (TPSA) is 98.6 Å². The molecular weight excluding hydrogens is 306 g/mol. The van der Waals surface area contributed by atoms with E-state index in [1.165, 1.54) is 18.5 Å². The molecule has 2 aromatic carbocycles. The van der Waals surface area contributed by atoms with Crippen LogP contribution in [0.4, 0.5) is 0 Å². The summed E-state index contributed by atoms with van der Waals surface area (Å²) in [4.78, 5) is 12.2. The van der Waals surface area contributed by atoms with Crippen molar-refractivity contribution in [1.82, 2.24) is 5.43 Å². The highest BCUT2D eigenvalue weighted by atomic mass is 16.3. The van der Waals surface area contributed by atoms with Crippen molar-refractivity contribution in [3.63, 3.8) is 0 Å². The van der Waals surface area contributed by atoms with Gasteiger partial charge in [0.25, 0.3) is 5.91 Å². The second kappa shape index (κ2) is 6.26. The number of hydrazone groups is 1. The molecule has 3 aromatic rings. The maximum absolute atomic E-state index is 12.2. The fraction of sp³-hybridized carbons (Fsp3) is 0.0556. The molecule has 0 saturated heterocycles. The molecule has 0 saturated carbocycles. The third kappa shape index (κ3) is 2.83. The molecule has 24 heavy (non-hydrogen) atoms. The van der Waals surface area contributed by atoms with Crippen LogP contribution in [0.1, 0.15) is 27.0 Å². The number of aromatic hydroxyl groups is 1. The van der Waals surface area contributed by atoms with Gasteiger partial charge in [-0.05, 0) is 42.3 Å². The van der Waals surface area contributed by atoms with E-state index in [2.05, 4.69) is 10.5 Å². The highest BCUT2D eigenvalue weighted by molar-refractivity contribution is 6.03. The quantitative estimate of drug-likeness (QED) is 0.572. The Hall–Kier alpha value is -3.59. The lowest BCUT2D eigenvalue weighted by atomic mass is 10.1. The molecule has 0 bridgehead atoms. The summed E-state index contributed by atoms with van der Waals surface area (Å²) in [5, 5.41) is 23.4. The van der Waals surface area contributed by atoms with Crippen molar-refractivity contribution in [3.05, 3.63) is 64.9 Å². The minimum Gasteiger partial charge on any atom is -0.506 e. The molecule has 0 unspecified atom stereocenters. The molecule has 1 aromatic heterocycles. The van der Waals surface area contributed by atoms with Crippen LogP contribution in [0.5, 0.6) is 5.75 Å². The number of benzene rings is 2. The number of carbonyl (C=O) groups excluding carboxylic acids is 1. The fourth-order valence-corrected chi connectivity index (χ4v) is 2.32. The Kier molecular flexibility index (Phi) is 4.00. The average molecular weight is 319 g/mol. The van der Waals surface area contributed by atoms with E-state index in [1.54, 1.807) is 37.3 Å². The normalized spacial score (nSPS) is 10.8. The van der Waals surface area contributed by atoms with Crippen LogP contribution in [0.3, 0.4) is 0 Å². The van der Waals surface area contributed by atoms with Gasteiger partial charge in [-0.1, -0.05) is 12.1 Å². The number of phenols is 1. The lowest BCUT2D eigenvalue weighted by Gasteiger charge is -2.04. The Balaban J connectivity index is 1.77. The Morgan fingerprint density at radius 1 is 1.29 bits per heavy atom. The van der Waals surface area contributed by atoms with Crippen molar-refractivity contribution in [2.75, 3.05) is 0 Å². The summed E-state index contributed by atoms with van der Waals surface area (Å²) in [6.45, 7) is 1.79. The van der Waals surface area contributed by atoms with Crippen molar-refractivity contribution in [3.8, 4) is 11.8 Å². The number of phenolic OH excluding ortho intramolecular Hbond substituents is 1. The van der Waals surface area contributed by atoms with Crippen molar-refractivity contribution in [1.29, 1.82) is 5.26 Å². The Morgan fingerprint density at radius 3 is 2.75 bits per heavy atom. The number of furan rings is 1. The first-order chi connectivity index (χ1) is 11.6. The van der Waals surface area contributed by atoms with Gasteiger partial charge < -0.3 is 9.52 Å². The third-order valence-electron chi connectivity index (χ3n) is 3.56. The van der Waals surface area contributed by atoms with Gasteiger partial charge in [0.2, 0.25) is 0 Å². The van der Waals surface area contributed by atoms with Crippen molar-refractivity contribution in [2.45, 2.75) is 6.92 Å². The van der Waals surface area contributed by atoms with E-state index in [4.69, 9.17) is 9.68 Å². The van der Waals surface area contributed by atoms with Gasteiger partial charge in [0.15, 0.2) is 0 Å². The number of aryl methyl sites for hydroxylation is 1. The SMILES string of the molecule is Cc1coc2ccc(C(=O)N/N=C/c3ccc(C#N)cc3)c(O)c12. The van der Waals surface area contributed by atoms with E-state index in [-0.39, 0.29) is 11.3 Å². The summed E-state index contributed by atoms with van der Waals surface area (Å²) < 4.78 is 5.28. The molecule has 0 aliphatic rings. The van der Waals surface area contributed by atoms with Crippen molar-refractivity contribution in [2.24, 2.45) is 5.10 Å². The molecule has 6 heteroatoms. The number of hydrogen-bond acceptors (Lipinski definition) is 5. The zero-order valence-corrected chi connectivity index (χ0v) is 12.8. The Bertz CT molecular complexity index is 979. The number of fused-ring (bicyclic) bond motifs is 1. The lowest BCUT2D eigenvalue weighted by Crippen LogP contribution is -2.17. The molecule has 2 N–H and O–H groups in total. The summed E-state index contributed by atoms with van der Waals surface area (Å²) in [7, 11) is 0. The maximum atomic E-state index is 12.2. The molecule has 0 spiro atoms. The van der Waals surface area contributed by atoms with E-state index in [0.717, 1.165) is 11.1 Å². The van der Waals surface area contributed by atoms with Crippen LogP contribution in [0, 0.1) is 18.3 Å². The van der Waals surface area contributed by atoms with Crippen LogP contribution in [0.2, 0.25) is 0 Å². The molecule has 3 rings (SSSR count). The third-order valence-corrected chi connectivity index (χ3v) is 3.56. The average Bonchev–Trinajstić information content (AvgIpc) is 2.97. The largest absolute Gasteiger partial charge is 0.506 e. The van der Waals surface area contributed by atoms with E-state index in [0.29, 0.717) is 16.5 Å². The number of nitrogens with one attached hydrogen (secondary N) is 1. The zero-order chi connectivity index (χ0) is 17.1. The van der Waals surface area contributed by atoms with E-state index in [1.807, 2.05) is 6.07 Å². The van der Waals surface area contributed by atoms with Gasteiger partial charge in [0, 0.05) is 0 Å². The summed E-state index contributed by atoms with van der Waals surface area (Å²) in [5.74, 6) is -0.662. The van der Waals surface area contributed by atoms with Gasteiger partial charge in [-0.25, -0.2) is 5.43 Å². The first-order valence-electron chi connectivity index (χ1n) is 7.13. The second-order valence-corrected chi connectivity index (χ2v) is 5.19. The van der Waals surface area contributed by atoms with Crippen molar-refractivity contribution < 1.29 is 14.3 Å². The standard InChI is InChI=1S/C18H13N3O3/c1-11-10-24-15-7-6-14(17(22)16(11)15)18(23)21-20-9-13-4-2-12(8-19)3-5-13/h2-7,9-10,22H,1H3,(H,21,23)/b20-9+. The maximum Gasteiger partial charge on any atom is 0.275 e. The number of nitrogens with zero attached hydrogens (tertiary/aromatic N) is 2. The molecule has 0 atom stereocenters. The molecular formula is C18H13N3O3. The van der Waals surface area contributed by atoms with Crippen LogP contribution in [-0.2, 0) is 0 Å². The Morgan fingerprint density at radius 2 is 2.04 bits per heavy atom. The lowest BCUT2D eigenvalue weighted by molar-refractivity contribution is 0.0952. The van der Waals surface area contributed by atoms with Gasteiger partial charge in [-0.15, -0.1) is 0 Å². The molecule has 0 aliphatic heterocycles. The van der Waals surface area contributed by atoms with Crippen LogP contribution in [-0.4, -0.2) is 17.2 Å². The van der Waals surface area contributed by atoms with Gasteiger partial charge in [-0.2, -0.15) is 10.4 Å². The summed E-state index contributed by atoms with van der Waals surface area (Å²) in [5.41, 5.74) is 5.03. The van der Waals surface area contributed by atoms with Crippen LogP contribution in [0.25, 0.3) is 11.0 Å². The number of hydrogen-bond donors (Lipinski definition) is 2. The number of carbonyl (C=O) groups is 1. The second-order valence-electron chi connectivity index (χ2n) is 5.19. The van der Waals surface area contributed by atoms with Gasteiger partial charge in [0.1, 0.15) is 11.3 Å². The molecule has 0 fully saturated rings. The van der Waals surface area contributed by atoms with Gasteiger partial charge >= 0.3 is 0 Å². The van der Waals surface area contributed by atoms with Crippen LogP contribution in [0.15, 0.2) is 52.2 Å². The zero-order valence-electron chi connectivity index (χ0n) is 12.8. The number of nitriles is 1. The number of amides is 1. The first-order valence-corrected chi connectivity index (χ1v) is 7.13. The summed E-state index contributed by atoms with van der Waals surface area (Å²) in [6, 6.07) is 11.9. The molecule has 0 aliphatic carbocycles. The predicted octanol–water partition coefficient (Wildman–Crippen LogP) is 3.08. The summed E-state index contributed by atoms with van der Waals surface area (Å²) in [6.07, 6.45) is 2.98. The molecule has 118 valence electrons. The van der Waals surface area contributed by atoms with E-state index >= 15 is 0 Å². The highest BCUT2D eigenvalue weighted by Crippen LogP contribution is 2.32. The highest BCUT2D eigenvalue weighted by Gasteiger charge is 2.16. The minimum absolute atomic E-state index is 0.115. The molecule has 1 amide bonds. The Labute approximate surface area is 137 Å². The monoisotopic (exact) mass is 319 g/mol. The smallest absolute Gasteiger partial charge is 0.275 e. The fourth-order valence-electron chi connectivity index (χ4n) is 2.32. The molecule has 6 nitrogen and oxygen atoms in total. The van der Waals surface area contributed by atoms with Crippen molar-refractivity contribution >= 4 is 23.1 Å². The predicted molar refractivity (Wildman–Crippen MR) is 88.8 cm³/mol. The van der Waals surface area contributed by atoms with E-state index in [9.17, 15) is 9.90 Å². The molecule has 1 heterocycles. The molecule has 0 radical (unpaired) electrons. The van der Waals surface area contributed by atoms with Crippen LogP contribution < -0.4 is 5.43 Å². The van der Waals surface area contributed by atoms with Crippen LogP contribution >= 0.6 is 0 Å². The first kappa shape index (κ1) is 15.3. The van der Waals surface area contributed by atoms with E-state index < -0.39 is 5.91 Å². The summed E-state index contributed by atoms with van der Waals surface area (Å²) >= 11 is 0. The minimum atomic E-state index is -0.528. The van der Waals surface area contributed by atoms with Gasteiger partial charge in [0.05, 0.1) is 35.1 Å². The van der Waals surface area contributed by atoms with Gasteiger partial charge in [-0.3, -0.25) is 4.79 Å².